The van der Waals surface area contributed by atoms with E-state index in [1.165, 1.54) is 18.4 Å². The Hall–Kier alpha value is -3.53. The van der Waals surface area contributed by atoms with Crippen molar-refractivity contribution < 1.29 is 50.9 Å². The molecule has 10 nitrogen and oxygen atoms in total. The second-order valence-corrected chi connectivity index (χ2v) is 9.29. The zero-order valence-electron chi connectivity index (χ0n) is 21.5. The van der Waals surface area contributed by atoms with Crippen molar-refractivity contribution in [3.05, 3.63) is 47.9 Å². The Morgan fingerprint density at radius 1 is 1.00 bits per heavy atom. The molecule has 222 valence electrons. The zero-order chi connectivity index (χ0) is 30.0. The summed E-state index contributed by atoms with van der Waals surface area (Å²) in [6, 6.07) is 8.29. The molecule has 0 radical (unpaired) electrons. The standard InChI is InChI=1S/C20H27N5O.2C2HF3O2/c1-17-5-6-19(23-22-17)25-10-11-26-16-20(15-25)7-3-9-24(14-20)13-18-4-2-8-21-12-18;2*3-2(4,5)1(6)7/h2,4-6,8,12H,3,7,9-11,13-16H2,1H3;2*(H,6,7). The van der Waals surface area contributed by atoms with Crippen molar-refractivity contribution in [2.24, 2.45) is 5.41 Å². The Morgan fingerprint density at radius 3 is 2.17 bits per heavy atom. The molecule has 0 bridgehead atoms. The second kappa shape index (κ2) is 14.2. The third kappa shape index (κ3) is 10.9. The third-order valence-corrected chi connectivity index (χ3v) is 5.90. The van der Waals surface area contributed by atoms with Gasteiger partial charge < -0.3 is 19.8 Å². The molecule has 1 unspecified atom stereocenters. The Kier molecular flexibility index (Phi) is 11.6. The summed E-state index contributed by atoms with van der Waals surface area (Å²) in [4.78, 5) is 26.9. The second-order valence-electron chi connectivity index (χ2n) is 9.29. The van der Waals surface area contributed by atoms with Crippen LogP contribution in [-0.2, 0) is 20.9 Å². The van der Waals surface area contributed by atoms with Gasteiger partial charge in [0.25, 0.3) is 0 Å². The van der Waals surface area contributed by atoms with Gasteiger partial charge in [0.1, 0.15) is 0 Å². The highest BCUT2D eigenvalue weighted by Crippen LogP contribution is 2.34. The van der Waals surface area contributed by atoms with Crippen LogP contribution in [0.4, 0.5) is 32.2 Å². The highest BCUT2D eigenvalue weighted by molar-refractivity contribution is 5.73. The molecule has 40 heavy (non-hydrogen) atoms. The number of ether oxygens (including phenoxy) is 1. The summed E-state index contributed by atoms with van der Waals surface area (Å²) in [5, 5.41) is 22.9. The maximum Gasteiger partial charge on any atom is 0.490 e. The largest absolute Gasteiger partial charge is 0.490 e. The van der Waals surface area contributed by atoms with Crippen molar-refractivity contribution in [1.29, 1.82) is 0 Å². The van der Waals surface area contributed by atoms with Crippen molar-refractivity contribution in [1.82, 2.24) is 20.1 Å². The first-order chi connectivity index (χ1) is 18.6. The predicted molar refractivity (Wildman–Crippen MR) is 128 cm³/mol. The van der Waals surface area contributed by atoms with Crippen LogP contribution in [0.2, 0.25) is 0 Å². The lowest BCUT2D eigenvalue weighted by molar-refractivity contribution is -0.193. The number of aryl methyl sites for hydroxylation is 1. The number of likely N-dealkylation sites (tertiary alicyclic amines) is 1. The maximum atomic E-state index is 10.6. The van der Waals surface area contributed by atoms with E-state index in [2.05, 4.69) is 37.1 Å². The Bertz CT molecular complexity index is 1060. The molecular formula is C24H29F6N5O5. The van der Waals surface area contributed by atoms with Crippen molar-refractivity contribution in [2.75, 3.05) is 44.3 Å². The number of nitrogens with zero attached hydrogens (tertiary/aromatic N) is 5. The summed E-state index contributed by atoms with van der Waals surface area (Å²) in [7, 11) is 0. The monoisotopic (exact) mass is 581 g/mol. The minimum absolute atomic E-state index is 0.156. The SMILES string of the molecule is Cc1ccc(N2CCOCC3(CCCN(Cc4cccnc4)C3)C2)nn1.O=C(O)C(F)(F)F.O=C(O)C(F)(F)F. The minimum atomic E-state index is -5.08. The third-order valence-electron chi connectivity index (χ3n) is 5.90. The number of aliphatic carboxylic acids is 2. The van der Waals surface area contributed by atoms with Crippen LogP contribution in [-0.4, -0.2) is 94.0 Å². The lowest BCUT2D eigenvalue weighted by Crippen LogP contribution is -2.50. The average molecular weight is 582 g/mol. The number of carbonyl (C=O) groups is 2. The number of aromatic nitrogens is 3. The first-order valence-electron chi connectivity index (χ1n) is 12.0. The van der Waals surface area contributed by atoms with Gasteiger partial charge in [0.2, 0.25) is 0 Å². The molecular weight excluding hydrogens is 552 g/mol. The number of halogens is 6. The number of carboxylic acids is 2. The van der Waals surface area contributed by atoms with E-state index in [0.717, 1.165) is 57.4 Å². The number of rotatable bonds is 3. The molecule has 2 aromatic rings. The van der Waals surface area contributed by atoms with Crippen LogP contribution in [0.25, 0.3) is 0 Å². The lowest BCUT2D eigenvalue weighted by atomic mass is 9.80. The molecule has 16 heteroatoms. The van der Waals surface area contributed by atoms with E-state index in [9.17, 15) is 26.3 Å². The number of anilines is 1. The van der Waals surface area contributed by atoms with E-state index in [-0.39, 0.29) is 5.41 Å². The van der Waals surface area contributed by atoms with Gasteiger partial charge in [-0.2, -0.15) is 31.4 Å². The number of piperidine rings is 1. The Morgan fingerprint density at radius 2 is 1.65 bits per heavy atom. The Balaban J connectivity index is 0.000000333. The van der Waals surface area contributed by atoms with Crippen LogP contribution in [0.15, 0.2) is 36.7 Å². The molecule has 0 saturated carbocycles. The van der Waals surface area contributed by atoms with Crippen LogP contribution in [0.5, 0.6) is 0 Å². The van der Waals surface area contributed by atoms with E-state index in [1.54, 1.807) is 0 Å². The Labute approximate surface area is 225 Å². The minimum Gasteiger partial charge on any atom is -0.475 e. The van der Waals surface area contributed by atoms with E-state index in [4.69, 9.17) is 24.5 Å². The van der Waals surface area contributed by atoms with Crippen LogP contribution >= 0.6 is 0 Å². The molecule has 1 spiro atoms. The highest BCUT2D eigenvalue weighted by atomic mass is 19.4. The van der Waals surface area contributed by atoms with Gasteiger partial charge in [0.05, 0.1) is 18.9 Å². The summed E-state index contributed by atoms with van der Waals surface area (Å²) in [5.41, 5.74) is 2.39. The number of alkyl halides is 6. The van der Waals surface area contributed by atoms with E-state index >= 15 is 0 Å². The summed E-state index contributed by atoms with van der Waals surface area (Å²) >= 11 is 0. The number of hydrogen-bond donors (Lipinski definition) is 2. The first kappa shape index (κ1) is 32.7. The molecule has 2 N–H and O–H groups in total. The summed E-state index contributed by atoms with van der Waals surface area (Å²) < 4.78 is 69.5. The molecule has 0 aliphatic carbocycles. The van der Waals surface area contributed by atoms with Crippen molar-refractivity contribution in [3.63, 3.8) is 0 Å². The molecule has 2 aliphatic heterocycles. The van der Waals surface area contributed by atoms with E-state index in [1.807, 2.05) is 31.5 Å². The molecule has 2 aromatic heterocycles. The molecule has 2 saturated heterocycles. The topological polar surface area (TPSA) is 129 Å². The normalized spacial score (nSPS) is 19.9. The quantitative estimate of drug-likeness (QED) is 0.519. The summed E-state index contributed by atoms with van der Waals surface area (Å²) in [6.07, 6.45) is -3.96. The van der Waals surface area contributed by atoms with Gasteiger partial charge in [-0.1, -0.05) is 6.07 Å². The maximum absolute atomic E-state index is 10.6. The molecule has 4 rings (SSSR count). The number of pyridine rings is 1. The highest BCUT2D eigenvalue weighted by Gasteiger charge is 2.40. The van der Waals surface area contributed by atoms with Crippen molar-refractivity contribution >= 4 is 17.8 Å². The fourth-order valence-corrected chi connectivity index (χ4v) is 4.19. The van der Waals surface area contributed by atoms with E-state index < -0.39 is 24.3 Å². The average Bonchev–Trinajstić information content (AvgIpc) is 3.07. The van der Waals surface area contributed by atoms with Gasteiger partial charge in [-0.15, -0.1) is 5.10 Å². The molecule has 0 amide bonds. The zero-order valence-corrected chi connectivity index (χ0v) is 21.5. The molecule has 4 heterocycles. The van der Waals surface area contributed by atoms with Crippen LogP contribution in [0, 0.1) is 12.3 Å². The summed E-state index contributed by atoms with van der Waals surface area (Å²) in [5.74, 6) is -4.55. The molecule has 2 fully saturated rings. The van der Waals surface area contributed by atoms with Gasteiger partial charge in [-0.25, -0.2) is 9.59 Å². The number of hydrogen-bond acceptors (Lipinski definition) is 8. The molecule has 0 aromatic carbocycles. The fourth-order valence-electron chi connectivity index (χ4n) is 4.19. The van der Waals surface area contributed by atoms with Gasteiger partial charge in [0, 0.05) is 44.0 Å². The molecule has 1 atom stereocenters. The van der Waals surface area contributed by atoms with Crippen molar-refractivity contribution in [3.8, 4) is 0 Å². The van der Waals surface area contributed by atoms with Gasteiger partial charge in [-0.3, -0.25) is 9.88 Å². The van der Waals surface area contributed by atoms with Crippen molar-refractivity contribution in [2.45, 2.75) is 38.7 Å². The number of carboxylic acid groups (broad SMARTS) is 2. The van der Waals surface area contributed by atoms with Gasteiger partial charge >= 0.3 is 24.3 Å². The fraction of sp³-hybridized carbons (Fsp3) is 0.542. The van der Waals surface area contributed by atoms with Crippen LogP contribution < -0.4 is 4.90 Å². The smallest absolute Gasteiger partial charge is 0.475 e. The van der Waals surface area contributed by atoms with Crippen LogP contribution in [0.1, 0.15) is 24.1 Å². The van der Waals surface area contributed by atoms with Gasteiger partial charge in [-0.05, 0) is 50.1 Å². The predicted octanol–water partition coefficient (Wildman–Crippen LogP) is 3.57. The molecule has 2 aliphatic rings. The first-order valence-corrected chi connectivity index (χ1v) is 12.0. The summed E-state index contributed by atoms with van der Waals surface area (Å²) in [6.45, 7) is 8.56. The van der Waals surface area contributed by atoms with Crippen LogP contribution in [0.3, 0.4) is 0 Å². The van der Waals surface area contributed by atoms with Gasteiger partial charge in [0.15, 0.2) is 5.82 Å². The lowest BCUT2D eigenvalue weighted by Gasteiger charge is -2.43. The van der Waals surface area contributed by atoms with E-state index in [0.29, 0.717) is 0 Å².